The van der Waals surface area contributed by atoms with Crippen LogP contribution in [0.1, 0.15) is 84.0 Å². The van der Waals surface area contributed by atoms with Gasteiger partial charge < -0.3 is 20.5 Å². The highest BCUT2D eigenvalue weighted by Crippen LogP contribution is 2.50. The molecule has 2 aliphatic rings. The summed E-state index contributed by atoms with van der Waals surface area (Å²) >= 11 is 6.93. The molecule has 0 fully saturated rings. The molecule has 0 aromatic heterocycles. The Morgan fingerprint density at radius 2 is 1.70 bits per heavy atom. The number of ether oxygens (including phenoxy) is 1. The van der Waals surface area contributed by atoms with E-state index in [0.29, 0.717) is 58.1 Å². The van der Waals surface area contributed by atoms with Gasteiger partial charge in [0.25, 0.3) is 0 Å². The molecule has 3 aromatic carbocycles. The summed E-state index contributed by atoms with van der Waals surface area (Å²) in [5.41, 5.74) is 7.33. The van der Waals surface area contributed by atoms with Gasteiger partial charge >= 0.3 is 8.80 Å². The van der Waals surface area contributed by atoms with Crippen molar-refractivity contribution in [3.63, 3.8) is 0 Å². The number of halogens is 1. The third-order valence-electron chi connectivity index (χ3n) is 9.01. The minimum atomic E-state index is -0.638. The average molecular weight is 630 g/mol. The Hall–Kier alpha value is -3.22. The zero-order valence-electron chi connectivity index (χ0n) is 27.1. The molecule has 2 unspecified atom stereocenters. The summed E-state index contributed by atoms with van der Waals surface area (Å²) in [4.78, 5) is 13.8. The SMILES string of the molecule is CC(C)[Si+](C(C)C)C(C)Cc1ccc2c(c1O)NC1=C(C(=O)CC(C)(C)C1)C(c1ccc(OCc3ccccc3)cc1Cl)N2. The van der Waals surface area contributed by atoms with Gasteiger partial charge in [-0.1, -0.05) is 67.9 Å². The van der Waals surface area contributed by atoms with Gasteiger partial charge in [0.1, 0.15) is 23.8 Å². The van der Waals surface area contributed by atoms with Gasteiger partial charge in [0.15, 0.2) is 5.78 Å². The summed E-state index contributed by atoms with van der Waals surface area (Å²) in [6.07, 6.45) is 1.96. The van der Waals surface area contributed by atoms with E-state index in [1.807, 2.05) is 60.7 Å². The third-order valence-corrected chi connectivity index (χ3v) is 13.3. The number of carbonyl (C=O) groups excluding carboxylic acids is 1. The van der Waals surface area contributed by atoms with E-state index in [-0.39, 0.29) is 16.9 Å². The average Bonchev–Trinajstić information content (AvgIpc) is 3.10. The number of Topliss-reactive ketones (excluding diaryl/α,β-unsaturated/α-hetero) is 1. The van der Waals surface area contributed by atoms with Gasteiger partial charge in [-0.25, -0.2) is 0 Å². The third kappa shape index (κ3) is 6.87. The van der Waals surface area contributed by atoms with Crippen molar-refractivity contribution in [2.75, 3.05) is 10.6 Å². The van der Waals surface area contributed by atoms with Crippen LogP contribution in [-0.4, -0.2) is 19.7 Å². The maximum Gasteiger partial charge on any atom is 0.323 e. The summed E-state index contributed by atoms with van der Waals surface area (Å²) in [5, 5.41) is 19.4. The Bertz CT molecular complexity index is 1540. The number of phenols is 1. The van der Waals surface area contributed by atoms with Crippen molar-refractivity contribution in [3.8, 4) is 11.5 Å². The van der Waals surface area contributed by atoms with Gasteiger partial charge in [0, 0.05) is 29.1 Å². The molecule has 5 rings (SSSR count). The second-order valence-electron chi connectivity index (χ2n) is 13.9. The Balaban J connectivity index is 1.50. The number of allylic oxidation sites excluding steroid dienone is 1. The standard InChI is InChI=1S/C37H45ClN2O3Si/c1-22(2)44(23(3)4)24(5)17-26-13-16-30-35(36(26)42)40-31-19-37(6,7)20-32(41)33(31)34(39-30)28-15-14-27(18-29(28)38)43-21-25-11-9-8-10-12-25/h8-16,18,22-24,34,39H,17,19-21H2,1-7H3,(H-,40,41,42)/p+1. The molecule has 1 heterocycles. The molecule has 0 bridgehead atoms. The van der Waals surface area contributed by atoms with Gasteiger partial charge in [-0.3, -0.25) is 4.79 Å². The lowest BCUT2D eigenvalue weighted by molar-refractivity contribution is -0.118. The smallest absolute Gasteiger partial charge is 0.323 e. The molecule has 2 atom stereocenters. The summed E-state index contributed by atoms with van der Waals surface area (Å²) in [5.74, 6) is 1.01. The molecule has 1 aliphatic carbocycles. The molecule has 1 aliphatic heterocycles. The number of nitrogens with one attached hydrogen (secondary N) is 2. The molecule has 0 amide bonds. The summed E-state index contributed by atoms with van der Waals surface area (Å²) in [6, 6.07) is 19.3. The fourth-order valence-corrected chi connectivity index (χ4v) is 11.6. The first-order valence-electron chi connectivity index (χ1n) is 15.8. The van der Waals surface area contributed by atoms with E-state index in [0.717, 1.165) is 34.5 Å². The van der Waals surface area contributed by atoms with Gasteiger partial charge in [-0.2, -0.15) is 0 Å². The Morgan fingerprint density at radius 1 is 1.00 bits per heavy atom. The molecule has 3 aromatic rings. The van der Waals surface area contributed by atoms with E-state index in [1.165, 1.54) is 0 Å². The van der Waals surface area contributed by atoms with Crippen LogP contribution in [0.5, 0.6) is 11.5 Å². The van der Waals surface area contributed by atoms with Crippen LogP contribution in [-0.2, 0) is 17.8 Å². The summed E-state index contributed by atoms with van der Waals surface area (Å²) in [7, 11) is -0.638. The van der Waals surface area contributed by atoms with Crippen LogP contribution in [0.3, 0.4) is 0 Å². The van der Waals surface area contributed by atoms with Crippen molar-refractivity contribution in [2.45, 2.75) is 97.0 Å². The van der Waals surface area contributed by atoms with Crippen LogP contribution in [0.15, 0.2) is 71.9 Å². The highest BCUT2D eigenvalue weighted by atomic mass is 35.5. The van der Waals surface area contributed by atoms with Gasteiger partial charge in [0.2, 0.25) is 0 Å². The second-order valence-corrected chi connectivity index (χ2v) is 18.6. The van der Waals surface area contributed by atoms with Crippen LogP contribution < -0.4 is 15.4 Å². The molecule has 7 heteroatoms. The van der Waals surface area contributed by atoms with E-state index >= 15 is 0 Å². The number of hydrogen-bond donors (Lipinski definition) is 3. The molecule has 0 saturated carbocycles. The number of fused-ring (bicyclic) bond motifs is 1. The van der Waals surface area contributed by atoms with Crippen molar-refractivity contribution >= 4 is 37.6 Å². The minimum Gasteiger partial charge on any atom is -0.505 e. The van der Waals surface area contributed by atoms with Gasteiger partial charge in [-0.05, 0) is 81.3 Å². The Labute approximate surface area is 269 Å². The van der Waals surface area contributed by atoms with Crippen LogP contribution in [0.4, 0.5) is 11.4 Å². The first-order valence-corrected chi connectivity index (χ1v) is 17.9. The van der Waals surface area contributed by atoms with Crippen molar-refractivity contribution in [3.05, 3.63) is 93.6 Å². The minimum absolute atomic E-state index is 0.0870. The van der Waals surface area contributed by atoms with Crippen molar-refractivity contribution in [1.82, 2.24) is 0 Å². The number of hydrogen-bond acceptors (Lipinski definition) is 5. The first kappa shape index (κ1) is 32.2. The number of benzene rings is 3. The lowest BCUT2D eigenvalue weighted by Crippen LogP contribution is -2.31. The predicted molar refractivity (Wildman–Crippen MR) is 184 cm³/mol. The molecular formula is C37H46ClN2O3Si+. The van der Waals surface area contributed by atoms with E-state index in [2.05, 4.69) is 59.1 Å². The Kier molecular flexibility index (Phi) is 9.52. The molecule has 0 radical (unpaired) electrons. The van der Waals surface area contributed by atoms with Crippen molar-refractivity contribution in [1.29, 1.82) is 0 Å². The predicted octanol–water partition coefficient (Wildman–Crippen LogP) is 10.1. The topological polar surface area (TPSA) is 70.6 Å². The number of phenolic OH excluding ortho intramolecular Hbond substituents is 1. The van der Waals surface area contributed by atoms with E-state index < -0.39 is 14.8 Å². The normalized spacial score (nSPS) is 18.2. The van der Waals surface area contributed by atoms with Crippen LogP contribution in [0.2, 0.25) is 21.6 Å². The largest absolute Gasteiger partial charge is 0.505 e. The van der Waals surface area contributed by atoms with E-state index in [4.69, 9.17) is 16.3 Å². The highest BCUT2D eigenvalue weighted by Gasteiger charge is 2.42. The van der Waals surface area contributed by atoms with E-state index in [9.17, 15) is 9.90 Å². The van der Waals surface area contributed by atoms with Gasteiger partial charge in [-0.15, -0.1) is 0 Å². The molecular weight excluding hydrogens is 584 g/mol. The second kappa shape index (κ2) is 13.0. The summed E-state index contributed by atoms with van der Waals surface area (Å²) < 4.78 is 6.03. The van der Waals surface area contributed by atoms with E-state index in [1.54, 1.807) is 0 Å². The van der Waals surface area contributed by atoms with Crippen molar-refractivity contribution < 1.29 is 14.6 Å². The molecule has 44 heavy (non-hydrogen) atoms. The number of ketones is 1. The number of carbonyl (C=O) groups is 1. The monoisotopic (exact) mass is 629 g/mol. The maximum atomic E-state index is 13.8. The van der Waals surface area contributed by atoms with Crippen LogP contribution in [0.25, 0.3) is 0 Å². The number of anilines is 2. The number of aromatic hydroxyl groups is 1. The van der Waals surface area contributed by atoms with Crippen molar-refractivity contribution in [2.24, 2.45) is 5.41 Å². The molecule has 5 nitrogen and oxygen atoms in total. The molecule has 0 saturated heterocycles. The zero-order chi connectivity index (χ0) is 31.8. The molecule has 3 N–H and O–H groups in total. The number of rotatable bonds is 9. The zero-order valence-corrected chi connectivity index (χ0v) is 28.8. The lowest BCUT2D eigenvalue weighted by Gasteiger charge is -2.34. The quantitative estimate of drug-likeness (QED) is 0.162. The van der Waals surface area contributed by atoms with Gasteiger partial charge in [0.05, 0.1) is 28.4 Å². The maximum absolute atomic E-state index is 13.8. The van der Waals surface area contributed by atoms with Crippen LogP contribution in [0, 0.1) is 5.41 Å². The molecule has 0 spiro atoms. The fraction of sp³-hybridized carbons (Fsp3) is 0.432. The first-order chi connectivity index (χ1) is 20.8. The Morgan fingerprint density at radius 3 is 2.36 bits per heavy atom. The molecule has 232 valence electrons. The highest BCUT2D eigenvalue weighted by molar-refractivity contribution is 6.63. The fourth-order valence-electron chi connectivity index (χ4n) is 7.26. The summed E-state index contributed by atoms with van der Waals surface area (Å²) in [6.45, 7) is 16.3. The van der Waals surface area contributed by atoms with Crippen LogP contribution >= 0.6 is 11.6 Å². The lowest BCUT2D eigenvalue weighted by atomic mass is 9.73.